The zero-order valence-electron chi connectivity index (χ0n) is 19.0. The van der Waals surface area contributed by atoms with Crippen molar-refractivity contribution in [2.45, 2.75) is 31.8 Å². The molecule has 1 fully saturated rings. The Morgan fingerprint density at radius 3 is 2.36 bits per heavy atom. The second kappa shape index (κ2) is 9.19. The van der Waals surface area contributed by atoms with Crippen LogP contribution in [0.4, 0.5) is 13.2 Å². The number of fused-ring (bicyclic) bond motifs is 1. The number of piperidine rings is 1. The molecule has 0 bridgehead atoms. The molecule has 0 unspecified atom stereocenters. The summed E-state index contributed by atoms with van der Waals surface area (Å²) in [5.74, 6) is -0.201. The Morgan fingerprint density at radius 1 is 1.06 bits per heavy atom. The first-order valence-electron chi connectivity index (χ1n) is 11.0. The minimum Gasteiger partial charge on any atom is -0.405 e. The SMILES string of the molecule is CN(C)C1CCN(Cc2ccc(-c3cn(C)c(=O)c4ccccc34)cc2OC(F)(F)F)CC1. The summed E-state index contributed by atoms with van der Waals surface area (Å²) in [6, 6.07) is 12.5. The van der Waals surface area contributed by atoms with Crippen molar-refractivity contribution < 1.29 is 17.9 Å². The van der Waals surface area contributed by atoms with Crippen LogP contribution in [0.5, 0.6) is 5.75 Å². The van der Waals surface area contributed by atoms with E-state index in [0.717, 1.165) is 25.9 Å². The summed E-state index contributed by atoms with van der Waals surface area (Å²) < 4.78 is 45.7. The third-order valence-corrected chi connectivity index (χ3v) is 6.38. The number of hydrogen-bond acceptors (Lipinski definition) is 4. The number of alkyl halides is 3. The van der Waals surface area contributed by atoms with Crippen LogP contribution in [-0.4, -0.2) is 54.0 Å². The molecular formula is C25H28F3N3O2. The van der Waals surface area contributed by atoms with E-state index in [4.69, 9.17) is 0 Å². The van der Waals surface area contributed by atoms with Gasteiger partial charge in [-0.3, -0.25) is 9.69 Å². The molecule has 0 atom stereocenters. The number of nitrogens with zero attached hydrogens (tertiary/aromatic N) is 3. The van der Waals surface area contributed by atoms with E-state index >= 15 is 0 Å². The summed E-state index contributed by atoms with van der Waals surface area (Å²) in [7, 11) is 5.74. The van der Waals surface area contributed by atoms with Crippen molar-refractivity contribution in [1.82, 2.24) is 14.4 Å². The highest BCUT2D eigenvalue weighted by molar-refractivity contribution is 5.96. The number of pyridine rings is 1. The highest BCUT2D eigenvalue weighted by Crippen LogP contribution is 2.35. The molecule has 0 radical (unpaired) electrons. The number of likely N-dealkylation sites (tertiary alicyclic amines) is 1. The fourth-order valence-electron chi connectivity index (χ4n) is 4.55. The van der Waals surface area contributed by atoms with Crippen molar-refractivity contribution in [3.8, 4) is 16.9 Å². The third-order valence-electron chi connectivity index (χ3n) is 6.38. The molecule has 0 spiro atoms. The number of halogens is 3. The molecule has 1 saturated heterocycles. The van der Waals surface area contributed by atoms with Crippen molar-refractivity contribution >= 4 is 10.8 Å². The van der Waals surface area contributed by atoms with Crippen LogP contribution in [0.15, 0.2) is 53.5 Å². The van der Waals surface area contributed by atoms with Crippen LogP contribution in [0.2, 0.25) is 0 Å². The lowest BCUT2D eigenvalue weighted by atomic mass is 9.98. The van der Waals surface area contributed by atoms with Gasteiger partial charge in [-0.1, -0.05) is 30.3 Å². The van der Waals surface area contributed by atoms with Gasteiger partial charge in [0.15, 0.2) is 0 Å². The smallest absolute Gasteiger partial charge is 0.405 e. The molecule has 8 heteroatoms. The van der Waals surface area contributed by atoms with E-state index in [1.54, 1.807) is 43.6 Å². The molecule has 2 aromatic carbocycles. The van der Waals surface area contributed by atoms with Crippen LogP contribution in [0.25, 0.3) is 21.9 Å². The highest BCUT2D eigenvalue weighted by atomic mass is 19.4. The number of aromatic nitrogens is 1. The van der Waals surface area contributed by atoms with E-state index in [1.807, 2.05) is 6.07 Å². The molecule has 1 aliphatic rings. The first-order chi connectivity index (χ1) is 15.6. The first-order valence-corrected chi connectivity index (χ1v) is 11.0. The minimum absolute atomic E-state index is 0.154. The Morgan fingerprint density at radius 2 is 1.73 bits per heavy atom. The number of aryl methyl sites for hydroxylation is 1. The second-order valence-electron chi connectivity index (χ2n) is 8.85. The van der Waals surface area contributed by atoms with Gasteiger partial charge in [-0.15, -0.1) is 13.2 Å². The van der Waals surface area contributed by atoms with Gasteiger partial charge in [0.25, 0.3) is 5.56 Å². The van der Waals surface area contributed by atoms with Crippen LogP contribution in [0, 0.1) is 0 Å². The molecule has 0 amide bonds. The van der Waals surface area contributed by atoms with E-state index in [-0.39, 0.29) is 11.3 Å². The van der Waals surface area contributed by atoms with Gasteiger partial charge in [0.2, 0.25) is 0 Å². The summed E-state index contributed by atoms with van der Waals surface area (Å²) in [4.78, 5) is 16.9. The summed E-state index contributed by atoms with van der Waals surface area (Å²) in [6.07, 6.45) is -1.19. The predicted molar refractivity (Wildman–Crippen MR) is 123 cm³/mol. The molecule has 0 aliphatic carbocycles. The van der Waals surface area contributed by atoms with Gasteiger partial charge in [0.05, 0.1) is 0 Å². The maximum absolute atomic E-state index is 13.3. The van der Waals surface area contributed by atoms with Gasteiger partial charge >= 0.3 is 6.36 Å². The fourth-order valence-corrected chi connectivity index (χ4v) is 4.55. The molecule has 33 heavy (non-hydrogen) atoms. The van der Waals surface area contributed by atoms with Crippen LogP contribution in [0.1, 0.15) is 18.4 Å². The van der Waals surface area contributed by atoms with Gasteiger partial charge in [-0.25, -0.2) is 0 Å². The lowest BCUT2D eigenvalue weighted by Crippen LogP contribution is -2.41. The lowest BCUT2D eigenvalue weighted by molar-refractivity contribution is -0.275. The number of rotatable bonds is 5. The molecule has 1 aliphatic heterocycles. The number of hydrogen-bond donors (Lipinski definition) is 0. The maximum Gasteiger partial charge on any atom is 0.573 e. The normalized spacial score (nSPS) is 16.0. The highest BCUT2D eigenvalue weighted by Gasteiger charge is 2.33. The maximum atomic E-state index is 13.3. The minimum atomic E-state index is -4.79. The molecule has 1 aromatic heterocycles. The Bertz CT molecular complexity index is 1200. The standard InChI is InChI=1S/C25H28F3N3O2/c1-29(2)19-10-12-31(13-11-19)15-18-9-8-17(14-23(18)33-25(26,27)28)22-16-30(3)24(32)21-7-5-4-6-20(21)22/h4-9,14,16,19H,10-13,15H2,1-3H3. The molecule has 0 N–H and O–H groups in total. The largest absolute Gasteiger partial charge is 0.573 e. The van der Waals surface area contributed by atoms with Crippen molar-refractivity contribution in [1.29, 1.82) is 0 Å². The third kappa shape index (κ3) is 5.23. The van der Waals surface area contributed by atoms with Gasteiger partial charge in [0.1, 0.15) is 5.75 Å². The number of ether oxygens (including phenoxy) is 1. The fraction of sp³-hybridized carbons (Fsp3) is 0.400. The molecule has 176 valence electrons. The quantitative estimate of drug-likeness (QED) is 0.558. The summed E-state index contributed by atoms with van der Waals surface area (Å²) >= 11 is 0. The van der Waals surface area contributed by atoms with E-state index in [0.29, 0.717) is 40.0 Å². The number of benzene rings is 2. The summed E-state index contributed by atoms with van der Waals surface area (Å²) in [6.45, 7) is 2.03. The van der Waals surface area contributed by atoms with Gasteiger partial charge in [-0.05, 0) is 63.1 Å². The van der Waals surface area contributed by atoms with Crippen LogP contribution in [0.3, 0.4) is 0 Å². The summed E-state index contributed by atoms with van der Waals surface area (Å²) in [5, 5.41) is 1.21. The molecule has 5 nitrogen and oxygen atoms in total. The van der Waals surface area contributed by atoms with Gasteiger partial charge in [-0.2, -0.15) is 0 Å². The van der Waals surface area contributed by atoms with Gasteiger partial charge in [0, 0.05) is 42.3 Å². The Hall–Kier alpha value is -2.84. The van der Waals surface area contributed by atoms with Gasteiger partial charge < -0.3 is 14.2 Å². The monoisotopic (exact) mass is 459 g/mol. The molecule has 2 heterocycles. The molecule has 3 aromatic rings. The van der Waals surface area contributed by atoms with Crippen molar-refractivity contribution in [3.63, 3.8) is 0 Å². The first kappa shape index (κ1) is 23.3. The van der Waals surface area contributed by atoms with E-state index < -0.39 is 6.36 Å². The van der Waals surface area contributed by atoms with E-state index in [9.17, 15) is 18.0 Å². The molecular weight excluding hydrogens is 431 g/mol. The van der Waals surface area contributed by atoms with Crippen LogP contribution in [-0.2, 0) is 13.6 Å². The van der Waals surface area contributed by atoms with Crippen LogP contribution < -0.4 is 10.3 Å². The second-order valence-corrected chi connectivity index (χ2v) is 8.85. The van der Waals surface area contributed by atoms with E-state index in [2.05, 4.69) is 28.6 Å². The van der Waals surface area contributed by atoms with Crippen molar-refractivity contribution in [3.05, 3.63) is 64.6 Å². The zero-order valence-corrected chi connectivity index (χ0v) is 19.0. The van der Waals surface area contributed by atoms with Crippen molar-refractivity contribution in [2.75, 3.05) is 27.2 Å². The average molecular weight is 460 g/mol. The van der Waals surface area contributed by atoms with E-state index in [1.165, 1.54) is 10.6 Å². The van der Waals surface area contributed by atoms with Crippen molar-refractivity contribution in [2.24, 2.45) is 7.05 Å². The Labute approximate surface area is 191 Å². The van der Waals surface area contributed by atoms with Crippen LogP contribution >= 0.6 is 0 Å². The Balaban J connectivity index is 1.70. The predicted octanol–water partition coefficient (Wildman–Crippen LogP) is 4.63. The summed E-state index contributed by atoms with van der Waals surface area (Å²) in [5.41, 5.74) is 1.58. The molecule has 4 rings (SSSR count). The lowest BCUT2D eigenvalue weighted by Gasteiger charge is -2.35. The molecule has 0 saturated carbocycles. The topological polar surface area (TPSA) is 37.7 Å². The Kier molecular flexibility index (Phi) is 6.50. The zero-order chi connectivity index (χ0) is 23.8. The average Bonchev–Trinajstić information content (AvgIpc) is 2.77.